The molecule has 27 heavy (non-hydrogen) atoms. The van der Waals surface area contributed by atoms with E-state index in [1.165, 1.54) is 21.3 Å². The zero-order chi connectivity index (χ0) is 18.6. The van der Waals surface area contributed by atoms with Crippen LogP contribution in [0.15, 0.2) is 41.5 Å². The van der Waals surface area contributed by atoms with Crippen LogP contribution in [0.1, 0.15) is 22.4 Å². The van der Waals surface area contributed by atoms with E-state index in [2.05, 4.69) is 22.4 Å². The topological polar surface area (TPSA) is 64.0 Å². The molecule has 1 aliphatic carbocycles. The Labute approximate surface area is 165 Å². The first kappa shape index (κ1) is 18.3. The van der Waals surface area contributed by atoms with Gasteiger partial charge in [-0.2, -0.15) is 11.8 Å². The maximum Gasteiger partial charge on any atom is 0.262 e. The van der Waals surface area contributed by atoms with E-state index < -0.39 is 0 Å². The number of nitrogens with one attached hydrogen (secondary N) is 1. The molecule has 0 bridgehead atoms. The maximum absolute atomic E-state index is 12.8. The molecule has 0 atom stereocenters. The van der Waals surface area contributed by atoms with Gasteiger partial charge >= 0.3 is 0 Å². The van der Waals surface area contributed by atoms with Gasteiger partial charge in [0.05, 0.1) is 11.7 Å². The molecule has 1 aromatic carbocycles. The number of nitrogens with zero attached hydrogens (tertiary/aromatic N) is 2. The fraction of sp³-hybridized carbons (Fsp3) is 0.350. The average molecular weight is 400 g/mol. The van der Waals surface area contributed by atoms with E-state index >= 15 is 0 Å². The molecule has 7 heteroatoms. The molecule has 0 spiro atoms. The van der Waals surface area contributed by atoms with Crippen LogP contribution in [-0.4, -0.2) is 27.8 Å². The zero-order valence-corrected chi connectivity index (χ0v) is 16.6. The summed E-state index contributed by atoms with van der Waals surface area (Å²) in [6.45, 7) is 0.615. The maximum atomic E-state index is 12.8. The van der Waals surface area contributed by atoms with Crippen LogP contribution in [0.4, 0.5) is 0 Å². The summed E-state index contributed by atoms with van der Waals surface area (Å²) < 4.78 is 1.43. The fourth-order valence-electron chi connectivity index (χ4n) is 3.37. The quantitative estimate of drug-likeness (QED) is 0.621. The molecule has 0 radical (unpaired) electrons. The van der Waals surface area contributed by atoms with Crippen molar-refractivity contribution >= 4 is 39.2 Å². The van der Waals surface area contributed by atoms with Gasteiger partial charge in [-0.1, -0.05) is 30.3 Å². The Bertz CT molecular complexity index is 1010. The van der Waals surface area contributed by atoms with Gasteiger partial charge in [-0.25, -0.2) is 4.98 Å². The lowest BCUT2D eigenvalue weighted by Gasteiger charge is -2.07. The van der Waals surface area contributed by atoms with Gasteiger partial charge < -0.3 is 5.32 Å². The molecule has 0 saturated heterocycles. The van der Waals surface area contributed by atoms with Crippen molar-refractivity contribution < 1.29 is 4.79 Å². The molecular weight excluding hydrogens is 378 g/mol. The number of aryl methyl sites for hydroxylation is 2. The monoisotopic (exact) mass is 399 g/mol. The third-order valence-corrected chi connectivity index (χ3v) is 6.92. The molecule has 2 aromatic heterocycles. The first-order valence-electron chi connectivity index (χ1n) is 9.10. The van der Waals surface area contributed by atoms with Crippen molar-refractivity contribution in [1.29, 1.82) is 0 Å². The molecule has 140 valence electrons. The molecule has 1 aliphatic rings. The van der Waals surface area contributed by atoms with Gasteiger partial charge in [-0.3, -0.25) is 14.2 Å². The van der Waals surface area contributed by atoms with Crippen LogP contribution >= 0.6 is 23.1 Å². The number of thioether (sulfide) groups is 1. The molecule has 0 aliphatic heterocycles. The summed E-state index contributed by atoms with van der Waals surface area (Å²) in [5.74, 6) is 1.62. The smallest absolute Gasteiger partial charge is 0.262 e. The van der Waals surface area contributed by atoms with E-state index in [0.717, 1.165) is 46.5 Å². The number of hydrogen-bond acceptors (Lipinski definition) is 5. The van der Waals surface area contributed by atoms with Crippen LogP contribution < -0.4 is 10.9 Å². The molecule has 0 saturated carbocycles. The second-order valence-corrected chi connectivity index (χ2v) is 8.79. The third-order valence-electron chi connectivity index (χ3n) is 4.69. The first-order chi connectivity index (χ1) is 13.2. The Morgan fingerprint density at radius 2 is 2.11 bits per heavy atom. The average Bonchev–Trinajstić information content (AvgIpc) is 3.26. The Morgan fingerprint density at radius 1 is 1.26 bits per heavy atom. The summed E-state index contributed by atoms with van der Waals surface area (Å²) in [6.07, 6.45) is 4.59. The largest absolute Gasteiger partial charge is 0.354 e. The normalized spacial score (nSPS) is 13.0. The number of amides is 1. The standard InChI is InChI=1S/C20H21N3O2S2/c24-17(21-9-10-26-12-14-5-2-1-3-6-14)11-23-13-22-19-18(20(23)25)15-7-4-8-16(15)27-19/h1-3,5-6,13H,4,7-12H2,(H,21,24). The summed E-state index contributed by atoms with van der Waals surface area (Å²) in [6, 6.07) is 10.3. The lowest BCUT2D eigenvalue weighted by molar-refractivity contribution is -0.121. The van der Waals surface area contributed by atoms with E-state index in [9.17, 15) is 9.59 Å². The number of hydrogen-bond donors (Lipinski definition) is 1. The van der Waals surface area contributed by atoms with Gasteiger partial charge in [0.25, 0.3) is 5.56 Å². The van der Waals surface area contributed by atoms with Crippen molar-refractivity contribution in [3.8, 4) is 0 Å². The highest BCUT2D eigenvalue weighted by Gasteiger charge is 2.21. The second-order valence-electron chi connectivity index (χ2n) is 6.60. The highest BCUT2D eigenvalue weighted by molar-refractivity contribution is 7.98. The zero-order valence-electron chi connectivity index (χ0n) is 14.9. The molecule has 0 unspecified atom stereocenters. The van der Waals surface area contributed by atoms with Crippen LogP contribution in [-0.2, 0) is 29.9 Å². The van der Waals surface area contributed by atoms with E-state index in [1.807, 2.05) is 18.2 Å². The Kier molecular flexibility index (Phi) is 5.59. The van der Waals surface area contributed by atoms with E-state index in [0.29, 0.717) is 6.54 Å². The number of fused-ring (bicyclic) bond motifs is 3. The van der Waals surface area contributed by atoms with Gasteiger partial charge in [-0.05, 0) is 30.4 Å². The molecule has 3 aromatic rings. The fourth-order valence-corrected chi connectivity index (χ4v) is 5.41. The van der Waals surface area contributed by atoms with E-state index in [4.69, 9.17) is 0 Å². The highest BCUT2D eigenvalue weighted by Crippen LogP contribution is 2.34. The van der Waals surface area contributed by atoms with Gasteiger partial charge in [0.15, 0.2) is 0 Å². The van der Waals surface area contributed by atoms with Crippen molar-refractivity contribution in [2.24, 2.45) is 0 Å². The summed E-state index contributed by atoms with van der Waals surface area (Å²) in [5, 5.41) is 3.62. The number of carbonyl (C=O) groups is 1. The van der Waals surface area contributed by atoms with Gasteiger partial charge in [0.2, 0.25) is 5.91 Å². The van der Waals surface area contributed by atoms with Crippen LogP contribution in [0.3, 0.4) is 0 Å². The molecular formula is C20H21N3O2S2. The van der Waals surface area contributed by atoms with Gasteiger partial charge in [0, 0.05) is 22.9 Å². The Morgan fingerprint density at radius 3 is 2.96 bits per heavy atom. The molecule has 5 nitrogen and oxygen atoms in total. The summed E-state index contributed by atoms with van der Waals surface area (Å²) in [5.41, 5.74) is 2.34. The third kappa shape index (κ3) is 4.09. The molecule has 0 fully saturated rings. The van der Waals surface area contributed by atoms with Gasteiger partial charge in [-0.15, -0.1) is 11.3 Å². The lowest BCUT2D eigenvalue weighted by atomic mass is 10.2. The first-order valence-corrected chi connectivity index (χ1v) is 11.1. The van der Waals surface area contributed by atoms with Crippen molar-refractivity contribution in [2.45, 2.75) is 31.6 Å². The molecule has 2 heterocycles. The van der Waals surface area contributed by atoms with E-state index in [1.54, 1.807) is 23.1 Å². The number of thiophene rings is 1. The van der Waals surface area contributed by atoms with Crippen molar-refractivity contribution in [3.63, 3.8) is 0 Å². The summed E-state index contributed by atoms with van der Waals surface area (Å²) >= 11 is 3.40. The highest BCUT2D eigenvalue weighted by atomic mass is 32.2. The van der Waals surface area contributed by atoms with Crippen LogP contribution in [0.5, 0.6) is 0 Å². The van der Waals surface area contributed by atoms with Crippen LogP contribution in [0, 0.1) is 0 Å². The van der Waals surface area contributed by atoms with Crippen molar-refractivity contribution in [3.05, 3.63) is 63.0 Å². The number of carbonyl (C=O) groups excluding carboxylic acids is 1. The minimum absolute atomic E-state index is 0.0236. The van der Waals surface area contributed by atoms with Crippen molar-refractivity contribution in [2.75, 3.05) is 12.3 Å². The van der Waals surface area contributed by atoms with Crippen molar-refractivity contribution in [1.82, 2.24) is 14.9 Å². The minimum atomic E-state index is -0.148. The second kappa shape index (κ2) is 8.27. The van der Waals surface area contributed by atoms with Crippen LogP contribution in [0.2, 0.25) is 0 Å². The predicted molar refractivity (Wildman–Crippen MR) is 112 cm³/mol. The van der Waals surface area contributed by atoms with E-state index in [-0.39, 0.29) is 18.0 Å². The SMILES string of the molecule is O=C(Cn1cnc2sc3c(c2c1=O)CCC3)NCCSCc1ccccc1. The Balaban J connectivity index is 1.31. The van der Waals surface area contributed by atoms with Crippen LogP contribution in [0.25, 0.3) is 10.2 Å². The molecule has 1 amide bonds. The number of aromatic nitrogens is 2. The molecule has 1 N–H and O–H groups in total. The minimum Gasteiger partial charge on any atom is -0.354 e. The summed E-state index contributed by atoms with van der Waals surface area (Å²) in [7, 11) is 0. The number of benzene rings is 1. The lowest BCUT2D eigenvalue weighted by Crippen LogP contribution is -2.33. The van der Waals surface area contributed by atoms with Gasteiger partial charge in [0.1, 0.15) is 11.4 Å². The molecule has 4 rings (SSSR count). The Hall–Kier alpha value is -2.12. The number of rotatable bonds is 7. The predicted octanol–water partition coefficient (Wildman–Crippen LogP) is 3.00. The summed E-state index contributed by atoms with van der Waals surface area (Å²) in [4.78, 5) is 31.5.